The molecule has 1 aromatic heterocycles. The zero-order chi connectivity index (χ0) is 20.5. The largest absolute Gasteiger partial charge is 0.497 e. The number of amides is 1. The van der Waals surface area contributed by atoms with Crippen LogP contribution in [0.25, 0.3) is 0 Å². The number of aromatic nitrogens is 2. The van der Waals surface area contributed by atoms with Crippen LogP contribution < -0.4 is 10.1 Å². The number of likely N-dealkylation sites (N-methyl/N-ethyl adjacent to an activating group) is 1. The lowest BCUT2D eigenvalue weighted by atomic mass is 10.1. The van der Waals surface area contributed by atoms with E-state index in [0.717, 1.165) is 4.31 Å². The van der Waals surface area contributed by atoms with Gasteiger partial charge in [-0.05, 0) is 44.2 Å². The molecule has 0 saturated carbocycles. The number of hydrogen-bond donors (Lipinski definition) is 1. The number of carbonyl (C=O) groups excluding carboxylic acids is 1. The van der Waals surface area contributed by atoms with Crippen LogP contribution in [0, 0.1) is 0 Å². The van der Waals surface area contributed by atoms with Crippen LogP contribution in [0.3, 0.4) is 0 Å². The van der Waals surface area contributed by atoms with Crippen molar-refractivity contribution in [1.82, 2.24) is 14.1 Å². The van der Waals surface area contributed by atoms with Crippen molar-refractivity contribution in [3.8, 4) is 5.75 Å². The molecule has 1 amide bonds. The lowest BCUT2D eigenvalue weighted by Crippen LogP contribution is -2.35. The number of carbonyl (C=O) groups is 1. The predicted octanol–water partition coefficient (Wildman–Crippen LogP) is 1.97. The first-order valence-electron chi connectivity index (χ1n) is 8.51. The molecule has 0 radical (unpaired) electrons. The van der Waals surface area contributed by atoms with E-state index in [-0.39, 0.29) is 17.5 Å². The minimum absolute atomic E-state index is 0.0434. The molecule has 0 fully saturated rings. The molecule has 28 heavy (non-hydrogen) atoms. The average Bonchev–Trinajstić information content (AvgIpc) is 3.12. The van der Waals surface area contributed by atoms with Crippen LogP contribution in [-0.2, 0) is 15.0 Å². The van der Waals surface area contributed by atoms with E-state index in [9.17, 15) is 13.2 Å². The molecule has 2 heterocycles. The number of allylic oxidation sites excluding steroid dienone is 1. The Labute approximate surface area is 163 Å². The predicted molar refractivity (Wildman–Crippen MR) is 106 cm³/mol. The summed E-state index contributed by atoms with van der Waals surface area (Å²) in [4.78, 5) is 12.7. The summed E-state index contributed by atoms with van der Waals surface area (Å²) in [5.41, 5.74) is 1.15. The van der Waals surface area contributed by atoms with E-state index in [0.29, 0.717) is 17.0 Å². The van der Waals surface area contributed by atoms with Gasteiger partial charge in [-0.15, -0.1) is 4.40 Å². The Bertz CT molecular complexity index is 1050. The van der Waals surface area contributed by atoms with Gasteiger partial charge in [-0.25, -0.2) is 4.31 Å². The number of anilines is 1. The van der Waals surface area contributed by atoms with Crippen molar-refractivity contribution in [3.05, 3.63) is 54.0 Å². The van der Waals surface area contributed by atoms with Gasteiger partial charge in [-0.3, -0.25) is 9.48 Å². The second kappa shape index (κ2) is 7.47. The quantitative estimate of drug-likeness (QED) is 0.822. The number of nitrogens with one attached hydrogen (secondary N) is 1. The monoisotopic (exact) mass is 403 g/mol. The van der Waals surface area contributed by atoms with Gasteiger partial charge in [0, 0.05) is 24.8 Å². The Balaban J connectivity index is 1.91. The zero-order valence-corrected chi connectivity index (χ0v) is 16.8. The van der Waals surface area contributed by atoms with Crippen LogP contribution in [0.2, 0.25) is 0 Å². The SMILES string of the molecule is COc1ccc(C2=NS(=O)(=O)N(C)C(C(=O)Nc3cnn(C(C)C)c3)=C2)cc1. The summed E-state index contributed by atoms with van der Waals surface area (Å²) < 4.78 is 36.3. The first-order valence-corrected chi connectivity index (χ1v) is 9.91. The molecule has 1 N–H and O–H groups in total. The maximum absolute atomic E-state index is 12.7. The maximum Gasteiger partial charge on any atom is 0.345 e. The molecule has 10 heteroatoms. The smallest absolute Gasteiger partial charge is 0.345 e. The fourth-order valence-corrected chi connectivity index (χ4v) is 3.46. The number of benzene rings is 1. The molecular weight excluding hydrogens is 382 g/mol. The summed E-state index contributed by atoms with van der Waals surface area (Å²) in [5.74, 6) is 0.0551. The molecule has 2 aromatic rings. The van der Waals surface area contributed by atoms with Gasteiger partial charge in [0.2, 0.25) is 0 Å². The summed E-state index contributed by atoms with van der Waals surface area (Å²) in [5, 5.41) is 6.83. The first-order chi connectivity index (χ1) is 13.2. The lowest BCUT2D eigenvalue weighted by Gasteiger charge is -2.23. The third-order valence-electron chi connectivity index (χ3n) is 4.18. The number of methoxy groups -OCH3 is 1. The van der Waals surface area contributed by atoms with Gasteiger partial charge in [-0.1, -0.05) is 0 Å². The molecule has 1 aliphatic heterocycles. The molecule has 9 nitrogen and oxygen atoms in total. The highest BCUT2D eigenvalue weighted by atomic mass is 32.2. The highest BCUT2D eigenvalue weighted by molar-refractivity contribution is 7.88. The standard InChI is InChI=1S/C18H21N5O4S/c1-12(2)23-11-14(10-19-23)20-18(24)17-9-16(21-28(25,26)22(17)3)13-5-7-15(27-4)8-6-13/h5-12H,1-4H3,(H,20,24). The Morgan fingerprint density at radius 3 is 2.46 bits per heavy atom. The molecular formula is C18H21N5O4S. The van der Waals surface area contributed by atoms with Gasteiger partial charge in [0.05, 0.1) is 24.7 Å². The Kier molecular flexibility index (Phi) is 5.23. The van der Waals surface area contributed by atoms with E-state index in [1.54, 1.807) is 35.1 Å². The van der Waals surface area contributed by atoms with Crippen LogP contribution in [0.4, 0.5) is 5.69 Å². The summed E-state index contributed by atoms with van der Waals surface area (Å²) in [6.45, 7) is 3.92. The van der Waals surface area contributed by atoms with E-state index in [1.165, 1.54) is 26.4 Å². The summed E-state index contributed by atoms with van der Waals surface area (Å²) >= 11 is 0. The van der Waals surface area contributed by atoms with Gasteiger partial charge >= 0.3 is 10.2 Å². The van der Waals surface area contributed by atoms with Gasteiger partial charge in [-0.2, -0.15) is 13.5 Å². The Hall–Kier alpha value is -3.14. The van der Waals surface area contributed by atoms with E-state index in [4.69, 9.17) is 4.74 Å². The van der Waals surface area contributed by atoms with Gasteiger partial charge < -0.3 is 10.1 Å². The normalized spacial score (nSPS) is 15.8. The highest BCUT2D eigenvalue weighted by Gasteiger charge is 2.30. The third-order valence-corrected chi connectivity index (χ3v) is 5.50. The molecule has 3 rings (SSSR count). The number of rotatable bonds is 5. The zero-order valence-electron chi connectivity index (χ0n) is 15.9. The fraction of sp³-hybridized carbons (Fsp3) is 0.278. The van der Waals surface area contributed by atoms with Crippen LogP contribution >= 0.6 is 0 Å². The van der Waals surface area contributed by atoms with Crippen LogP contribution in [-0.4, -0.2) is 48.3 Å². The van der Waals surface area contributed by atoms with Crippen molar-refractivity contribution < 1.29 is 17.9 Å². The summed E-state index contributed by atoms with van der Waals surface area (Å²) in [7, 11) is -1.21. The van der Waals surface area contributed by atoms with E-state index in [2.05, 4.69) is 14.8 Å². The Morgan fingerprint density at radius 2 is 1.89 bits per heavy atom. The molecule has 0 saturated heterocycles. The third kappa shape index (κ3) is 3.91. The lowest BCUT2D eigenvalue weighted by molar-refractivity contribution is -0.113. The van der Waals surface area contributed by atoms with Gasteiger partial charge in [0.15, 0.2) is 0 Å². The molecule has 0 spiro atoms. The Morgan fingerprint density at radius 1 is 1.21 bits per heavy atom. The molecule has 0 aliphatic carbocycles. The summed E-state index contributed by atoms with van der Waals surface area (Å²) in [6, 6.07) is 6.87. The summed E-state index contributed by atoms with van der Waals surface area (Å²) in [6.07, 6.45) is 4.62. The first kappa shape index (κ1) is 19.6. The minimum Gasteiger partial charge on any atom is -0.497 e. The molecule has 0 atom stereocenters. The van der Waals surface area contributed by atoms with E-state index >= 15 is 0 Å². The number of ether oxygens (including phenoxy) is 1. The second-order valence-electron chi connectivity index (χ2n) is 6.44. The maximum atomic E-state index is 12.7. The van der Waals surface area contributed by atoms with Gasteiger partial charge in [0.1, 0.15) is 11.4 Å². The fourth-order valence-electron chi connectivity index (χ4n) is 2.54. The molecule has 1 aromatic carbocycles. The van der Waals surface area contributed by atoms with Crippen molar-refractivity contribution in [2.45, 2.75) is 19.9 Å². The molecule has 1 aliphatic rings. The average molecular weight is 403 g/mol. The van der Waals surface area contributed by atoms with E-state index in [1.807, 2.05) is 13.8 Å². The van der Waals surface area contributed by atoms with Crippen molar-refractivity contribution in [2.75, 3.05) is 19.5 Å². The second-order valence-corrected chi connectivity index (χ2v) is 8.06. The minimum atomic E-state index is -4.03. The van der Waals surface area contributed by atoms with Crippen molar-refractivity contribution in [3.63, 3.8) is 0 Å². The van der Waals surface area contributed by atoms with Gasteiger partial charge in [0.25, 0.3) is 5.91 Å². The number of nitrogens with zero attached hydrogens (tertiary/aromatic N) is 4. The highest BCUT2D eigenvalue weighted by Crippen LogP contribution is 2.22. The topological polar surface area (TPSA) is 106 Å². The van der Waals surface area contributed by atoms with Crippen LogP contribution in [0.5, 0.6) is 5.75 Å². The van der Waals surface area contributed by atoms with Crippen molar-refractivity contribution in [1.29, 1.82) is 0 Å². The van der Waals surface area contributed by atoms with E-state index < -0.39 is 16.1 Å². The van der Waals surface area contributed by atoms with Crippen LogP contribution in [0.15, 0.2) is 52.8 Å². The number of hydrogen-bond acceptors (Lipinski definition) is 5. The van der Waals surface area contributed by atoms with Crippen molar-refractivity contribution >= 4 is 27.5 Å². The van der Waals surface area contributed by atoms with Crippen molar-refractivity contribution in [2.24, 2.45) is 4.40 Å². The van der Waals surface area contributed by atoms with Crippen LogP contribution in [0.1, 0.15) is 25.5 Å². The molecule has 0 unspecified atom stereocenters. The molecule has 0 bridgehead atoms. The molecule has 148 valence electrons.